The molecule has 1 saturated heterocycles. The highest BCUT2D eigenvalue weighted by Crippen LogP contribution is 2.20. The average Bonchev–Trinajstić information content (AvgIpc) is 3.17. The van der Waals surface area contributed by atoms with Gasteiger partial charge in [0.05, 0.1) is 11.3 Å². The molecule has 3 rings (SSSR count). The lowest BCUT2D eigenvalue weighted by Crippen LogP contribution is -2.35. The standard InChI is InChI=1S/C16H17N7O/c17-10-12(15-19-21-22-20-15)11-18-14-7-3-2-6-13(14)16(24)23-8-4-1-5-9-23/h2-3,6-7,11,18H,1,4-5,8-9H2,(H,19,20,21,22). The van der Waals surface area contributed by atoms with Crippen molar-refractivity contribution in [3.05, 3.63) is 41.9 Å². The zero-order valence-electron chi connectivity index (χ0n) is 13.1. The number of benzene rings is 1. The van der Waals surface area contributed by atoms with Gasteiger partial charge in [0.15, 0.2) is 0 Å². The van der Waals surface area contributed by atoms with Crippen LogP contribution in [0.5, 0.6) is 0 Å². The number of H-pyrrole nitrogens is 1. The fourth-order valence-corrected chi connectivity index (χ4v) is 2.64. The van der Waals surface area contributed by atoms with Crippen molar-refractivity contribution in [2.75, 3.05) is 18.4 Å². The molecule has 8 nitrogen and oxygen atoms in total. The summed E-state index contributed by atoms with van der Waals surface area (Å²) in [6.45, 7) is 1.57. The molecule has 1 aliphatic rings. The minimum Gasteiger partial charge on any atom is -0.360 e. The molecule has 2 heterocycles. The van der Waals surface area contributed by atoms with E-state index >= 15 is 0 Å². The molecule has 122 valence electrons. The summed E-state index contributed by atoms with van der Waals surface area (Å²) >= 11 is 0. The van der Waals surface area contributed by atoms with E-state index < -0.39 is 0 Å². The van der Waals surface area contributed by atoms with Crippen LogP contribution < -0.4 is 5.32 Å². The predicted molar refractivity (Wildman–Crippen MR) is 87.6 cm³/mol. The summed E-state index contributed by atoms with van der Waals surface area (Å²) in [6, 6.07) is 9.26. The van der Waals surface area contributed by atoms with E-state index in [2.05, 4.69) is 25.9 Å². The molecule has 24 heavy (non-hydrogen) atoms. The molecule has 0 radical (unpaired) electrons. The number of nitrogens with zero attached hydrogens (tertiary/aromatic N) is 5. The third-order valence-corrected chi connectivity index (χ3v) is 3.88. The van der Waals surface area contributed by atoms with Crippen molar-refractivity contribution in [3.8, 4) is 6.07 Å². The highest BCUT2D eigenvalue weighted by Gasteiger charge is 2.20. The maximum atomic E-state index is 12.7. The molecule has 8 heteroatoms. The zero-order valence-corrected chi connectivity index (χ0v) is 13.1. The fourth-order valence-electron chi connectivity index (χ4n) is 2.64. The summed E-state index contributed by atoms with van der Waals surface area (Å²) in [6.07, 6.45) is 4.73. The lowest BCUT2D eigenvalue weighted by atomic mass is 10.1. The van der Waals surface area contributed by atoms with Crippen LogP contribution in [-0.4, -0.2) is 44.5 Å². The first kappa shape index (κ1) is 15.7. The number of hydrogen-bond donors (Lipinski definition) is 2. The van der Waals surface area contributed by atoms with Crippen LogP contribution >= 0.6 is 0 Å². The first-order valence-electron chi connectivity index (χ1n) is 7.78. The number of allylic oxidation sites excluding steroid dienone is 1. The number of piperidine rings is 1. The third-order valence-electron chi connectivity index (χ3n) is 3.88. The molecule has 0 unspecified atom stereocenters. The van der Waals surface area contributed by atoms with Gasteiger partial charge in [-0.25, -0.2) is 0 Å². The Balaban J connectivity index is 1.81. The largest absolute Gasteiger partial charge is 0.360 e. The number of nitriles is 1. The normalized spacial score (nSPS) is 15.0. The summed E-state index contributed by atoms with van der Waals surface area (Å²) in [4.78, 5) is 14.6. The number of carbonyl (C=O) groups is 1. The van der Waals surface area contributed by atoms with Crippen LogP contribution in [0.15, 0.2) is 30.5 Å². The van der Waals surface area contributed by atoms with Gasteiger partial charge in [0.2, 0.25) is 5.82 Å². The second-order valence-electron chi connectivity index (χ2n) is 5.45. The number of nitrogens with one attached hydrogen (secondary N) is 2. The number of tetrazole rings is 1. The quantitative estimate of drug-likeness (QED) is 0.830. The minimum atomic E-state index is 0.00395. The molecule has 0 atom stereocenters. The number of aromatic amines is 1. The second-order valence-corrected chi connectivity index (χ2v) is 5.45. The number of aromatic nitrogens is 4. The topological polar surface area (TPSA) is 111 Å². The van der Waals surface area contributed by atoms with Gasteiger partial charge in [-0.2, -0.15) is 10.5 Å². The Morgan fingerprint density at radius 1 is 1.29 bits per heavy atom. The maximum Gasteiger partial charge on any atom is 0.255 e. The van der Waals surface area contributed by atoms with Crippen LogP contribution in [0.2, 0.25) is 0 Å². The van der Waals surface area contributed by atoms with Crippen molar-refractivity contribution in [1.82, 2.24) is 25.5 Å². The van der Waals surface area contributed by atoms with E-state index in [9.17, 15) is 10.1 Å². The molecule has 0 spiro atoms. The van der Waals surface area contributed by atoms with Crippen LogP contribution in [0.3, 0.4) is 0 Å². The lowest BCUT2D eigenvalue weighted by Gasteiger charge is -2.27. The van der Waals surface area contributed by atoms with E-state index in [4.69, 9.17) is 0 Å². The molecule has 1 aliphatic heterocycles. The van der Waals surface area contributed by atoms with E-state index in [1.807, 2.05) is 23.1 Å². The monoisotopic (exact) mass is 323 g/mol. The number of carbonyl (C=O) groups excluding carboxylic acids is 1. The van der Waals surface area contributed by atoms with Crippen LogP contribution in [0.1, 0.15) is 35.4 Å². The summed E-state index contributed by atoms with van der Waals surface area (Å²) in [5, 5.41) is 25.5. The van der Waals surface area contributed by atoms with Gasteiger partial charge in [0, 0.05) is 19.3 Å². The zero-order chi connectivity index (χ0) is 16.8. The van der Waals surface area contributed by atoms with Crippen LogP contribution in [0, 0.1) is 11.3 Å². The first-order valence-corrected chi connectivity index (χ1v) is 7.78. The van der Waals surface area contributed by atoms with E-state index in [0.717, 1.165) is 25.9 Å². The van der Waals surface area contributed by atoms with Crippen LogP contribution in [-0.2, 0) is 0 Å². The van der Waals surface area contributed by atoms with E-state index in [0.29, 0.717) is 11.3 Å². The minimum absolute atomic E-state index is 0.00395. The molecule has 1 aromatic heterocycles. The van der Waals surface area contributed by atoms with Gasteiger partial charge in [-0.3, -0.25) is 4.79 Å². The summed E-state index contributed by atoms with van der Waals surface area (Å²) in [5.41, 5.74) is 1.45. The average molecular weight is 323 g/mol. The van der Waals surface area contributed by atoms with Gasteiger partial charge in [0.25, 0.3) is 5.91 Å². The smallest absolute Gasteiger partial charge is 0.255 e. The van der Waals surface area contributed by atoms with Crippen LogP contribution in [0.4, 0.5) is 5.69 Å². The number of hydrogen-bond acceptors (Lipinski definition) is 6. The van der Waals surface area contributed by atoms with Crippen molar-refractivity contribution >= 4 is 17.2 Å². The Kier molecular flexibility index (Phi) is 4.81. The summed E-state index contributed by atoms with van der Waals surface area (Å²) in [5.74, 6) is 0.203. The molecule has 0 bridgehead atoms. The molecule has 1 aromatic carbocycles. The SMILES string of the molecule is N#CC(=CNc1ccccc1C(=O)N1CCCCC1)c1nn[nH]n1. The van der Waals surface area contributed by atoms with Gasteiger partial charge < -0.3 is 10.2 Å². The molecular weight excluding hydrogens is 306 g/mol. The number of likely N-dealkylation sites (tertiary alicyclic amines) is 1. The highest BCUT2D eigenvalue weighted by molar-refractivity contribution is 6.00. The van der Waals surface area contributed by atoms with Gasteiger partial charge in [-0.05, 0) is 36.6 Å². The van der Waals surface area contributed by atoms with Gasteiger partial charge in [0.1, 0.15) is 11.6 Å². The van der Waals surface area contributed by atoms with Crippen molar-refractivity contribution in [2.45, 2.75) is 19.3 Å². The van der Waals surface area contributed by atoms with Gasteiger partial charge >= 0.3 is 0 Å². The first-order chi connectivity index (χ1) is 11.8. The van der Waals surface area contributed by atoms with Gasteiger partial charge in [-0.15, -0.1) is 10.2 Å². The Bertz CT molecular complexity index is 770. The van der Waals surface area contributed by atoms with E-state index in [1.54, 1.807) is 12.1 Å². The number of anilines is 1. The molecule has 2 N–H and O–H groups in total. The highest BCUT2D eigenvalue weighted by atomic mass is 16.2. The molecule has 1 amide bonds. The van der Waals surface area contributed by atoms with Gasteiger partial charge in [-0.1, -0.05) is 12.1 Å². The van der Waals surface area contributed by atoms with E-state index in [1.165, 1.54) is 12.6 Å². The molecular formula is C16H17N7O. The number of amides is 1. The maximum absolute atomic E-state index is 12.7. The van der Waals surface area contributed by atoms with E-state index in [-0.39, 0.29) is 17.3 Å². The van der Waals surface area contributed by atoms with Crippen molar-refractivity contribution in [1.29, 1.82) is 5.26 Å². The second kappa shape index (κ2) is 7.37. The molecule has 0 aliphatic carbocycles. The Morgan fingerprint density at radius 2 is 2.08 bits per heavy atom. The Labute approximate surface area is 139 Å². The number of para-hydroxylation sites is 1. The summed E-state index contributed by atoms with van der Waals surface area (Å²) in [7, 11) is 0. The molecule has 1 fully saturated rings. The van der Waals surface area contributed by atoms with Crippen molar-refractivity contribution in [2.24, 2.45) is 0 Å². The van der Waals surface area contributed by atoms with Crippen LogP contribution in [0.25, 0.3) is 5.57 Å². The number of rotatable bonds is 4. The Morgan fingerprint density at radius 3 is 2.79 bits per heavy atom. The fraction of sp³-hybridized carbons (Fsp3) is 0.312. The Hall–Kier alpha value is -3.21. The lowest BCUT2D eigenvalue weighted by molar-refractivity contribution is 0.0725. The predicted octanol–water partition coefficient (Wildman–Crippen LogP) is 1.80. The molecule has 2 aromatic rings. The molecule has 0 saturated carbocycles. The van der Waals surface area contributed by atoms with Crippen molar-refractivity contribution in [3.63, 3.8) is 0 Å². The van der Waals surface area contributed by atoms with Crippen molar-refractivity contribution < 1.29 is 4.79 Å². The summed E-state index contributed by atoms with van der Waals surface area (Å²) < 4.78 is 0. The third kappa shape index (κ3) is 3.41.